The number of hydrogen-bond acceptors (Lipinski definition) is 1. The van der Waals surface area contributed by atoms with Gasteiger partial charge in [0.15, 0.2) is 6.73 Å². The molecule has 0 fully saturated rings. The lowest BCUT2D eigenvalue weighted by molar-refractivity contribution is -0.677. The Bertz CT molecular complexity index is 360. The molecule has 1 aromatic heterocycles. The van der Waals surface area contributed by atoms with Gasteiger partial charge in [-0.05, 0) is 6.42 Å². The van der Waals surface area contributed by atoms with E-state index in [0.29, 0.717) is 6.73 Å². The van der Waals surface area contributed by atoms with Crippen molar-refractivity contribution >= 4 is 0 Å². The summed E-state index contributed by atoms with van der Waals surface area (Å²) in [4.78, 5) is 0. The molecule has 3 nitrogen and oxygen atoms in total. The summed E-state index contributed by atoms with van der Waals surface area (Å²) < 4.78 is 10.00. The second-order valence-corrected chi connectivity index (χ2v) is 6.15. The van der Waals surface area contributed by atoms with E-state index >= 15 is 0 Å². The lowest BCUT2D eigenvalue weighted by Gasteiger charge is -2.04. The van der Waals surface area contributed by atoms with Crippen molar-refractivity contribution in [2.75, 3.05) is 6.61 Å². The fraction of sp³-hybridized carbons (Fsp3) is 0.833. The van der Waals surface area contributed by atoms with Gasteiger partial charge in [0.2, 0.25) is 0 Å². The van der Waals surface area contributed by atoms with Gasteiger partial charge in [0.05, 0.1) is 13.7 Å². The monoisotopic (exact) mass is 295 g/mol. The Morgan fingerprint density at radius 1 is 0.952 bits per heavy atom. The summed E-state index contributed by atoms with van der Waals surface area (Å²) in [7, 11) is 2.06. The number of aromatic nitrogens is 2. The summed E-state index contributed by atoms with van der Waals surface area (Å²) in [6.07, 6.45) is 17.9. The van der Waals surface area contributed by atoms with Crippen molar-refractivity contribution in [3.63, 3.8) is 0 Å². The highest BCUT2D eigenvalue weighted by Crippen LogP contribution is 2.10. The Labute approximate surface area is 131 Å². The van der Waals surface area contributed by atoms with Gasteiger partial charge in [0.1, 0.15) is 12.4 Å². The van der Waals surface area contributed by atoms with E-state index in [4.69, 9.17) is 4.74 Å². The average Bonchev–Trinajstić information content (AvgIpc) is 2.80. The van der Waals surface area contributed by atoms with E-state index in [-0.39, 0.29) is 0 Å². The first kappa shape index (κ1) is 18.2. The maximum Gasteiger partial charge on any atom is 0.254 e. The first-order valence-electron chi connectivity index (χ1n) is 8.84. The Kier molecular flexibility index (Phi) is 10.2. The Morgan fingerprint density at radius 3 is 2.05 bits per heavy atom. The molecule has 0 bridgehead atoms. The van der Waals surface area contributed by atoms with Crippen LogP contribution >= 0.6 is 0 Å². The van der Waals surface area contributed by atoms with Crippen molar-refractivity contribution in [2.24, 2.45) is 7.05 Å². The zero-order valence-corrected chi connectivity index (χ0v) is 14.4. The number of aryl methyl sites for hydroxylation is 1. The number of rotatable bonds is 13. The molecule has 0 aliphatic carbocycles. The minimum atomic E-state index is 0.685. The first-order valence-corrected chi connectivity index (χ1v) is 8.84. The molecule has 1 heterocycles. The molecule has 0 amide bonds. The lowest BCUT2D eigenvalue weighted by atomic mass is 10.1. The van der Waals surface area contributed by atoms with Gasteiger partial charge in [-0.2, -0.15) is 0 Å². The summed E-state index contributed by atoms with van der Waals surface area (Å²) in [5.74, 6) is 1.23. The molecule has 3 heteroatoms. The molecule has 0 atom stereocenters. The van der Waals surface area contributed by atoms with E-state index < -0.39 is 0 Å². The standard InChI is InChI=1S/C18H35N2O/c1-4-5-6-7-8-9-10-11-12-13-16-21-17-20-15-14-19(3)18(20)2/h14-15H,4-13,16-17H2,1-3H3/q+1. The van der Waals surface area contributed by atoms with Gasteiger partial charge in [0, 0.05) is 6.92 Å². The fourth-order valence-corrected chi connectivity index (χ4v) is 2.59. The Balaban J connectivity index is 1.84. The van der Waals surface area contributed by atoms with Crippen LogP contribution in [0.1, 0.15) is 77.0 Å². The normalized spacial score (nSPS) is 11.2. The second-order valence-electron chi connectivity index (χ2n) is 6.15. The van der Waals surface area contributed by atoms with E-state index in [0.717, 1.165) is 6.61 Å². The molecule has 0 aliphatic heterocycles. The third-order valence-electron chi connectivity index (χ3n) is 4.27. The number of hydrogen-bond donors (Lipinski definition) is 0. The van der Waals surface area contributed by atoms with Crippen LogP contribution < -0.4 is 4.57 Å². The van der Waals surface area contributed by atoms with Gasteiger partial charge in [-0.1, -0.05) is 64.7 Å². The highest BCUT2D eigenvalue weighted by atomic mass is 16.5. The predicted octanol–water partition coefficient (Wildman–Crippen LogP) is 4.52. The molecule has 0 saturated carbocycles. The molecule has 0 N–H and O–H groups in total. The van der Waals surface area contributed by atoms with Gasteiger partial charge < -0.3 is 4.74 Å². The minimum Gasteiger partial charge on any atom is -0.342 e. The molecule has 1 aromatic rings. The van der Waals surface area contributed by atoms with Gasteiger partial charge in [-0.15, -0.1) is 0 Å². The van der Waals surface area contributed by atoms with Crippen molar-refractivity contribution in [1.29, 1.82) is 0 Å². The van der Waals surface area contributed by atoms with E-state index in [1.165, 1.54) is 70.0 Å². The zero-order valence-electron chi connectivity index (χ0n) is 14.4. The number of ether oxygens (including phenoxy) is 1. The van der Waals surface area contributed by atoms with Crippen LogP contribution in [0, 0.1) is 6.92 Å². The highest BCUT2D eigenvalue weighted by molar-refractivity contribution is 4.77. The van der Waals surface area contributed by atoms with Crippen LogP contribution in [0.15, 0.2) is 12.4 Å². The van der Waals surface area contributed by atoms with Crippen molar-refractivity contribution in [2.45, 2.75) is 84.8 Å². The molecule has 0 aliphatic rings. The van der Waals surface area contributed by atoms with E-state index in [9.17, 15) is 0 Å². The number of nitrogens with zero attached hydrogens (tertiary/aromatic N) is 2. The van der Waals surface area contributed by atoms with Crippen LogP contribution in [0.3, 0.4) is 0 Å². The molecule has 122 valence electrons. The third kappa shape index (κ3) is 8.25. The molecule has 0 saturated heterocycles. The molecular weight excluding hydrogens is 260 g/mol. The average molecular weight is 295 g/mol. The van der Waals surface area contributed by atoms with Crippen molar-refractivity contribution in [3.05, 3.63) is 18.2 Å². The smallest absolute Gasteiger partial charge is 0.254 e. The molecule has 0 radical (unpaired) electrons. The van der Waals surface area contributed by atoms with Gasteiger partial charge in [-0.25, -0.2) is 9.13 Å². The van der Waals surface area contributed by atoms with Crippen molar-refractivity contribution < 1.29 is 9.30 Å². The van der Waals surface area contributed by atoms with Crippen LogP contribution in [0.2, 0.25) is 0 Å². The molecule has 0 spiro atoms. The zero-order chi connectivity index (χ0) is 15.3. The Morgan fingerprint density at radius 2 is 1.52 bits per heavy atom. The van der Waals surface area contributed by atoms with Crippen LogP contribution in [-0.2, 0) is 18.5 Å². The van der Waals surface area contributed by atoms with Crippen LogP contribution in [0.5, 0.6) is 0 Å². The van der Waals surface area contributed by atoms with Crippen LogP contribution in [0.4, 0.5) is 0 Å². The molecule has 0 unspecified atom stereocenters. The minimum absolute atomic E-state index is 0.685. The SMILES string of the molecule is CCCCCCCCCCCCOCn1cc[n+](C)c1C. The van der Waals surface area contributed by atoms with Gasteiger partial charge >= 0.3 is 0 Å². The molecule has 0 aromatic carbocycles. The summed E-state index contributed by atoms with van der Waals surface area (Å²) in [6, 6.07) is 0. The predicted molar refractivity (Wildman–Crippen MR) is 88.1 cm³/mol. The molecular formula is C18H35N2O+. The summed E-state index contributed by atoms with van der Waals surface area (Å²) in [5.41, 5.74) is 0. The van der Waals surface area contributed by atoms with E-state index in [1.807, 2.05) is 0 Å². The second kappa shape index (κ2) is 11.8. The first-order chi connectivity index (χ1) is 10.3. The summed E-state index contributed by atoms with van der Waals surface area (Å²) in [6.45, 7) is 5.96. The highest BCUT2D eigenvalue weighted by Gasteiger charge is 2.07. The summed E-state index contributed by atoms with van der Waals surface area (Å²) in [5, 5.41) is 0. The number of unbranched alkanes of at least 4 members (excludes halogenated alkanes) is 9. The van der Waals surface area contributed by atoms with Gasteiger partial charge in [0.25, 0.3) is 5.82 Å². The largest absolute Gasteiger partial charge is 0.342 e. The van der Waals surface area contributed by atoms with Crippen molar-refractivity contribution in [1.82, 2.24) is 4.57 Å². The Hall–Kier alpha value is -0.830. The topological polar surface area (TPSA) is 18.0 Å². The van der Waals surface area contributed by atoms with Crippen molar-refractivity contribution in [3.8, 4) is 0 Å². The maximum atomic E-state index is 5.74. The summed E-state index contributed by atoms with van der Waals surface area (Å²) >= 11 is 0. The van der Waals surface area contributed by atoms with E-state index in [1.54, 1.807) is 0 Å². The lowest BCUT2D eigenvalue weighted by Crippen LogP contribution is -2.29. The molecule has 21 heavy (non-hydrogen) atoms. The third-order valence-corrected chi connectivity index (χ3v) is 4.27. The van der Waals surface area contributed by atoms with Crippen LogP contribution in [-0.4, -0.2) is 11.2 Å². The number of imidazole rings is 1. The van der Waals surface area contributed by atoms with E-state index in [2.05, 4.69) is 42.4 Å². The van der Waals surface area contributed by atoms with Gasteiger partial charge in [-0.3, -0.25) is 0 Å². The fourth-order valence-electron chi connectivity index (χ4n) is 2.59. The maximum absolute atomic E-state index is 5.74. The van der Waals surface area contributed by atoms with Crippen LogP contribution in [0.25, 0.3) is 0 Å². The molecule has 1 rings (SSSR count). The quantitative estimate of drug-likeness (QED) is 0.386.